The Morgan fingerprint density at radius 1 is 1.10 bits per heavy atom. The third kappa shape index (κ3) is 4.52. The maximum Gasteiger partial charge on any atom is 0.288 e. The van der Waals surface area contributed by atoms with E-state index in [1.165, 1.54) is 18.2 Å². The molecule has 5 nitrogen and oxygen atoms in total. The molecule has 1 aliphatic heterocycles. The van der Waals surface area contributed by atoms with E-state index in [4.69, 9.17) is 0 Å². The van der Waals surface area contributed by atoms with Crippen molar-refractivity contribution < 1.29 is 18.0 Å². The van der Waals surface area contributed by atoms with E-state index in [-0.39, 0.29) is 23.8 Å². The van der Waals surface area contributed by atoms with Gasteiger partial charge in [-0.15, -0.1) is 10.2 Å². The van der Waals surface area contributed by atoms with Crippen LogP contribution in [-0.4, -0.2) is 47.2 Å². The molecule has 1 saturated carbocycles. The van der Waals surface area contributed by atoms with Gasteiger partial charge in [-0.05, 0) is 48.1 Å². The van der Waals surface area contributed by atoms with Gasteiger partial charge >= 0.3 is 0 Å². The van der Waals surface area contributed by atoms with Crippen molar-refractivity contribution in [2.24, 2.45) is 0 Å². The van der Waals surface area contributed by atoms with Crippen LogP contribution in [0.25, 0.3) is 0 Å². The quantitative estimate of drug-likeness (QED) is 0.766. The molecular formula is C21H23F3N4O. The minimum Gasteiger partial charge on any atom is -0.352 e. The zero-order valence-corrected chi connectivity index (χ0v) is 16.2. The van der Waals surface area contributed by atoms with Gasteiger partial charge in [-0.3, -0.25) is 4.79 Å². The summed E-state index contributed by atoms with van der Waals surface area (Å²) < 4.78 is 40.7. The summed E-state index contributed by atoms with van der Waals surface area (Å²) in [6.07, 6.45) is 2.24. The minimum atomic E-state index is -3.02. The number of anilines is 1. The lowest BCUT2D eigenvalue weighted by molar-refractivity contribution is -0.130. The largest absolute Gasteiger partial charge is 0.352 e. The molecule has 0 spiro atoms. The first kappa shape index (κ1) is 19.7. The summed E-state index contributed by atoms with van der Waals surface area (Å²) in [5.41, 5.74) is 1.07. The Morgan fingerprint density at radius 2 is 1.83 bits per heavy atom. The summed E-state index contributed by atoms with van der Waals surface area (Å²) in [6.45, 7) is 2.85. The van der Waals surface area contributed by atoms with Crippen molar-refractivity contribution >= 4 is 11.7 Å². The molecule has 1 aliphatic carbocycles. The van der Waals surface area contributed by atoms with Crippen LogP contribution in [0.15, 0.2) is 30.3 Å². The lowest BCUT2D eigenvalue weighted by Crippen LogP contribution is -2.49. The second-order valence-corrected chi connectivity index (χ2v) is 7.84. The van der Waals surface area contributed by atoms with Crippen LogP contribution in [0.1, 0.15) is 42.5 Å². The Labute approximate surface area is 167 Å². The number of piperazine rings is 1. The fourth-order valence-corrected chi connectivity index (χ4v) is 3.61. The van der Waals surface area contributed by atoms with Gasteiger partial charge in [0.25, 0.3) is 5.92 Å². The molecule has 0 unspecified atom stereocenters. The smallest absolute Gasteiger partial charge is 0.288 e. The van der Waals surface area contributed by atoms with Gasteiger partial charge in [-0.2, -0.15) is 8.78 Å². The number of carbonyl (C=O) groups is 1. The molecule has 29 heavy (non-hydrogen) atoms. The first-order chi connectivity index (χ1) is 13.8. The van der Waals surface area contributed by atoms with Crippen molar-refractivity contribution in [3.05, 3.63) is 53.0 Å². The van der Waals surface area contributed by atoms with Crippen LogP contribution in [0.4, 0.5) is 19.0 Å². The van der Waals surface area contributed by atoms with Crippen LogP contribution >= 0.6 is 0 Å². The van der Waals surface area contributed by atoms with Crippen LogP contribution in [-0.2, 0) is 17.1 Å². The Kier molecular flexibility index (Phi) is 5.19. The number of benzene rings is 1. The van der Waals surface area contributed by atoms with Crippen LogP contribution < -0.4 is 4.90 Å². The predicted octanol–water partition coefficient (Wildman–Crippen LogP) is 3.50. The molecule has 2 aromatic rings. The zero-order valence-electron chi connectivity index (χ0n) is 16.2. The standard InChI is InChI=1S/C21H23F3N4O/c1-21(23,24)18-6-7-19(26-25-18)27-8-10-28(11-9-27)20(29)13-14-2-5-16(15-3-4-15)17(22)12-14/h2,5-7,12,15H,3-4,8-11,13H2,1H3. The molecule has 1 amide bonds. The van der Waals surface area contributed by atoms with E-state index in [2.05, 4.69) is 10.2 Å². The number of halogens is 3. The normalized spacial score (nSPS) is 17.5. The van der Waals surface area contributed by atoms with Gasteiger partial charge in [-0.25, -0.2) is 4.39 Å². The Bertz CT molecular complexity index is 886. The number of hydrogen-bond donors (Lipinski definition) is 0. The summed E-state index contributed by atoms with van der Waals surface area (Å²) in [4.78, 5) is 16.2. The summed E-state index contributed by atoms with van der Waals surface area (Å²) in [7, 11) is 0. The molecule has 0 radical (unpaired) electrons. The van der Waals surface area contributed by atoms with E-state index in [1.807, 2.05) is 11.0 Å². The zero-order chi connectivity index (χ0) is 20.6. The third-order valence-electron chi connectivity index (χ3n) is 5.49. The average Bonchev–Trinajstić information content (AvgIpc) is 3.53. The van der Waals surface area contributed by atoms with Crippen LogP contribution in [0.2, 0.25) is 0 Å². The molecule has 2 aliphatic rings. The number of rotatable bonds is 5. The fraction of sp³-hybridized carbons (Fsp3) is 0.476. The average molecular weight is 404 g/mol. The van der Waals surface area contributed by atoms with E-state index in [9.17, 15) is 18.0 Å². The van der Waals surface area contributed by atoms with Crippen LogP contribution in [0.5, 0.6) is 0 Å². The van der Waals surface area contributed by atoms with Gasteiger partial charge in [0.05, 0.1) is 6.42 Å². The van der Waals surface area contributed by atoms with Gasteiger partial charge in [0, 0.05) is 33.1 Å². The monoisotopic (exact) mass is 404 g/mol. The Hall–Kier alpha value is -2.64. The van der Waals surface area contributed by atoms with E-state index in [1.54, 1.807) is 11.0 Å². The highest BCUT2D eigenvalue weighted by Crippen LogP contribution is 2.41. The molecular weight excluding hydrogens is 381 g/mol. The SMILES string of the molecule is CC(F)(F)c1ccc(N2CCN(C(=O)Cc3ccc(C4CC4)c(F)c3)CC2)nn1. The van der Waals surface area contributed by atoms with E-state index in [0.29, 0.717) is 43.5 Å². The van der Waals surface area contributed by atoms with Gasteiger partial charge in [0.2, 0.25) is 5.91 Å². The maximum absolute atomic E-state index is 14.2. The van der Waals surface area contributed by atoms with Crippen LogP contribution in [0, 0.1) is 5.82 Å². The summed E-state index contributed by atoms with van der Waals surface area (Å²) in [5, 5.41) is 7.50. The molecule has 8 heteroatoms. The molecule has 154 valence electrons. The molecule has 1 saturated heterocycles. The van der Waals surface area contributed by atoms with Crippen molar-refractivity contribution in [2.45, 2.75) is 38.0 Å². The highest BCUT2D eigenvalue weighted by atomic mass is 19.3. The van der Waals surface area contributed by atoms with E-state index in [0.717, 1.165) is 25.3 Å². The molecule has 0 N–H and O–H groups in total. The van der Waals surface area contributed by atoms with E-state index < -0.39 is 5.92 Å². The fourth-order valence-electron chi connectivity index (χ4n) is 3.61. The van der Waals surface area contributed by atoms with Crippen molar-refractivity contribution in [3.63, 3.8) is 0 Å². The molecule has 4 rings (SSSR count). The number of aromatic nitrogens is 2. The van der Waals surface area contributed by atoms with Gasteiger partial charge in [0.1, 0.15) is 11.5 Å². The van der Waals surface area contributed by atoms with Crippen molar-refractivity contribution in [3.8, 4) is 0 Å². The highest BCUT2D eigenvalue weighted by molar-refractivity contribution is 5.79. The number of alkyl halides is 2. The maximum atomic E-state index is 14.2. The van der Waals surface area contributed by atoms with Crippen LogP contribution in [0.3, 0.4) is 0 Å². The Morgan fingerprint density at radius 3 is 2.38 bits per heavy atom. The van der Waals surface area contributed by atoms with E-state index >= 15 is 0 Å². The second kappa shape index (κ2) is 7.65. The van der Waals surface area contributed by atoms with Gasteiger partial charge in [-0.1, -0.05) is 12.1 Å². The number of hydrogen-bond acceptors (Lipinski definition) is 4. The lowest BCUT2D eigenvalue weighted by atomic mass is 10.0. The van der Waals surface area contributed by atoms with Gasteiger partial charge in [0.15, 0.2) is 5.82 Å². The second-order valence-electron chi connectivity index (χ2n) is 7.84. The summed E-state index contributed by atoms with van der Waals surface area (Å²) in [5.74, 6) is -2.43. The molecule has 0 bridgehead atoms. The number of amides is 1. The Balaban J connectivity index is 1.32. The van der Waals surface area contributed by atoms with Gasteiger partial charge < -0.3 is 9.80 Å². The van der Waals surface area contributed by atoms with Crippen molar-refractivity contribution in [1.82, 2.24) is 15.1 Å². The minimum absolute atomic E-state index is 0.0460. The van der Waals surface area contributed by atoms with Crippen molar-refractivity contribution in [2.75, 3.05) is 31.1 Å². The number of carbonyl (C=O) groups excluding carboxylic acids is 1. The highest BCUT2D eigenvalue weighted by Gasteiger charge is 2.28. The topological polar surface area (TPSA) is 49.3 Å². The third-order valence-corrected chi connectivity index (χ3v) is 5.49. The predicted molar refractivity (Wildman–Crippen MR) is 102 cm³/mol. The number of nitrogens with zero attached hydrogens (tertiary/aromatic N) is 4. The molecule has 0 atom stereocenters. The molecule has 2 heterocycles. The molecule has 1 aromatic heterocycles. The summed E-state index contributed by atoms with van der Waals surface area (Å²) >= 11 is 0. The summed E-state index contributed by atoms with van der Waals surface area (Å²) in [6, 6.07) is 7.92. The first-order valence-electron chi connectivity index (χ1n) is 9.84. The van der Waals surface area contributed by atoms with Crippen molar-refractivity contribution in [1.29, 1.82) is 0 Å². The first-order valence-corrected chi connectivity index (χ1v) is 9.84. The lowest BCUT2D eigenvalue weighted by Gasteiger charge is -2.35. The molecule has 1 aromatic carbocycles. The molecule has 2 fully saturated rings.